The Morgan fingerprint density at radius 3 is 2.26 bits per heavy atom. The maximum atomic E-state index is 11.5. The van der Waals surface area contributed by atoms with Crippen molar-refractivity contribution in [3.8, 4) is 11.5 Å². The fraction of sp³-hybridized carbons (Fsp3) is 0.414. The van der Waals surface area contributed by atoms with E-state index < -0.39 is 5.54 Å². The monoisotopic (exact) mass is 459 g/mol. The summed E-state index contributed by atoms with van der Waals surface area (Å²) in [7, 11) is 0. The lowest BCUT2D eigenvalue weighted by molar-refractivity contribution is 0.146. The Morgan fingerprint density at radius 1 is 0.912 bits per heavy atom. The summed E-state index contributed by atoms with van der Waals surface area (Å²) in [5.74, 6) is 2.45. The van der Waals surface area contributed by atoms with Crippen LogP contribution < -0.4 is 14.8 Å². The van der Waals surface area contributed by atoms with E-state index in [1.807, 2.05) is 6.92 Å². The van der Waals surface area contributed by atoms with Crippen LogP contribution in [0.1, 0.15) is 63.5 Å². The van der Waals surface area contributed by atoms with Gasteiger partial charge in [-0.1, -0.05) is 30.3 Å². The highest BCUT2D eigenvalue weighted by atomic mass is 16.6. The van der Waals surface area contributed by atoms with Crippen molar-refractivity contribution in [1.29, 1.82) is 0 Å². The molecule has 3 aromatic rings. The van der Waals surface area contributed by atoms with Crippen LogP contribution in [-0.2, 0) is 10.3 Å². The highest BCUT2D eigenvalue weighted by Crippen LogP contribution is 2.36. The van der Waals surface area contributed by atoms with Gasteiger partial charge in [0.15, 0.2) is 0 Å². The van der Waals surface area contributed by atoms with E-state index in [4.69, 9.17) is 14.2 Å². The summed E-state index contributed by atoms with van der Waals surface area (Å²) in [4.78, 5) is 11.5. The number of fused-ring (bicyclic) bond motifs is 1. The van der Waals surface area contributed by atoms with Gasteiger partial charge in [-0.25, -0.2) is 4.79 Å². The molecule has 5 rings (SSSR count). The maximum Gasteiger partial charge on any atom is 0.408 e. The normalized spacial score (nSPS) is 24.6. The van der Waals surface area contributed by atoms with Crippen molar-refractivity contribution in [2.24, 2.45) is 0 Å². The Balaban J connectivity index is 1.20. The third-order valence-electron chi connectivity index (χ3n) is 7.02. The zero-order valence-corrected chi connectivity index (χ0v) is 20.2. The molecule has 1 aliphatic heterocycles. The summed E-state index contributed by atoms with van der Waals surface area (Å²) in [5.41, 5.74) is 1.95. The van der Waals surface area contributed by atoms with Crippen molar-refractivity contribution in [3.05, 3.63) is 71.8 Å². The predicted octanol–water partition coefficient (Wildman–Crippen LogP) is 6.69. The lowest BCUT2D eigenvalue weighted by atomic mass is 9.82. The van der Waals surface area contributed by atoms with Gasteiger partial charge in [0.25, 0.3) is 0 Å². The zero-order chi connectivity index (χ0) is 23.7. The van der Waals surface area contributed by atoms with E-state index in [2.05, 4.69) is 79.8 Å². The van der Waals surface area contributed by atoms with E-state index in [0.717, 1.165) is 53.5 Å². The summed E-state index contributed by atoms with van der Waals surface area (Å²) in [6, 6.07) is 21.1. The first-order chi connectivity index (χ1) is 16.4. The van der Waals surface area contributed by atoms with Gasteiger partial charge in [0, 0.05) is 0 Å². The summed E-state index contributed by atoms with van der Waals surface area (Å²) in [6.45, 7) is 6.43. The minimum atomic E-state index is -0.485. The fourth-order valence-corrected chi connectivity index (χ4v) is 5.10. The van der Waals surface area contributed by atoms with Crippen LogP contribution in [0.3, 0.4) is 0 Å². The van der Waals surface area contributed by atoms with E-state index in [0.29, 0.717) is 12.5 Å². The lowest BCUT2D eigenvalue weighted by Crippen LogP contribution is -2.37. The second-order valence-corrected chi connectivity index (χ2v) is 10.1. The highest BCUT2D eigenvalue weighted by Gasteiger charge is 2.36. The molecule has 1 heterocycles. The Hall–Kier alpha value is -3.21. The third-order valence-corrected chi connectivity index (χ3v) is 7.02. The standard InChI is InChI=1S/C29H33NO4/c1-19(2)33-25-11-5-20(6-12-25)21-7-13-26(14-8-21)34-27-15-9-22-16-24(10-4-23(22)17-27)29(3)18-32-28(31)30-29/h4-6,9-12,15-17,19,21,26H,7-8,13-14,18H2,1-3H3,(H,30,31)/t21?,26?,29-/m0/s1. The zero-order valence-electron chi connectivity index (χ0n) is 20.2. The number of carbonyl (C=O) groups excluding carboxylic acids is 1. The van der Waals surface area contributed by atoms with Gasteiger partial charge < -0.3 is 19.5 Å². The number of alkyl carbamates (subject to hydrolysis) is 1. The summed E-state index contributed by atoms with van der Waals surface area (Å²) >= 11 is 0. The first kappa shape index (κ1) is 22.6. The molecule has 3 aromatic carbocycles. The molecule has 2 fully saturated rings. The third kappa shape index (κ3) is 4.84. The largest absolute Gasteiger partial charge is 0.491 e. The van der Waals surface area contributed by atoms with Crippen molar-refractivity contribution >= 4 is 16.9 Å². The number of hydrogen-bond donors (Lipinski definition) is 1. The molecule has 0 spiro atoms. The SMILES string of the molecule is CC(C)Oc1ccc(C2CCC(Oc3ccc4cc([C@]5(C)COC(=O)N5)ccc4c3)CC2)cc1. The lowest BCUT2D eigenvalue weighted by Gasteiger charge is -2.29. The summed E-state index contributed by atoms with van der Waals surface area (Å²) in [5, 5.41) is 5.17. The number of cyclic esters (lactones) is 1. The number of carbonyl (C=O) groups is 1. The van der Waals surface area contributed by atoms with Gasteiger partial charge in [0.2, 0.25) is 0 Å². The van der Waals surface area contributed by atoms with E-state index in [-0.39, 0.29) is 18.3 Å². The smallest absolute Gasteiger partial charge is 0.408 e. The molecule has 1 atom stereocenters. The average molecular weight is 460 g/mol. The van der Waals surface area contributed by atoms with Gasteiger partial charge in [0.05, 0.1) is 17.7 Å². The number of ether oxygens (including phenoxy) is 3. The van der Waals surface area contributed by atoms with Gasteiger partial charge in [-0.2, -0.15) is 0 Å². The van der Waals surface area contributed by atoms with Crippen LogP contribution in [0.2, 0.25) is 0 Å². The molecule has 1 saturated carbocycles. The van der Waals surface area contributed by atoms with Gasteiger partial charge in [-0.3, -0.25) is 0 Å². The second-order valence-electron chi connectivity index (χ2n) is 10.1. The molecule has 0 bridgehead atoms. The molecule has 178 valence electrons. The average Bonchev–Trinajstić information content (AvgIpc) is 3.19. The van der Waals surface area contributed by atoms with Crippen LogP contribution in [0.4, 0.5) is 4.79 Å². The highest BCUT2D eigenvalue weighted by molar-refractivity contribution is 5.85. The Bertz CT molecular complexity index is 1160. The molecule has 1 aliphatic carbocycles. The van der Waals surface area contributed by atoms with Gasteiger partial charge in [-0.15, -0.1) is 0 Å². The minimum Gasteiger partial charge on any atom is -0.491 e. The molecule has 0 aromatic heterocycles. The molecular weight excluding hydrogens is 426 g/mol. The maximum absolute atomic E-state index is 11.5. The molecule has 1 saturated heterocycles. The Morgan fingerprint density at radius 2 is 1.59 bits per heavy atom. The van der Waals surface area contributed by atoms with Crippen molar-refractivity contribution in [3.63, 3.8) is 0 Å². The molecular formula is C29H33NO4. The second kappa shape index (κ2) is 9.21. The molecule has 1 N–H and O–H groups in total. The fourth-order valence-electron chi connectivity index (χ4n) is 5.10. The number of hydrogen-bond acceptors (Lipinski definition) is 4. The van der Waals surface area contributed by atoms with Gasteiger partial charge in [-0.05, 0) is 105 Å². The van der Waals surface area contributed by atoms with Gasteiger partial charge >= 0.3 is 6.09 Å². The van der Waals surface area contributed by atoms with Crippen molar-refractivity contribution < 1.29 is 19.0 Å². The van der Waals surface area contributed by atoms with E-state index >= 15 is 0 Å². The number of rotatable bonds is 6. The van der Waals surface area contributed by atoms with Crippen LogP contribution in [0.25, 0.3) is 10.8 Å². The van der Waals surface area contributed by atoms with Crippen LogP contribution in [-0.4, -0.2) is 24.9 Å². The van der Waals surface area contributed by atoms with Crippen molar-refractivity contribution in [2.75, 3.05) is 6.61 Å². The van der Waals surface area contributed by atoms with Crippen molar-refractivity contribution in [2.45, 2.75) is 70.1 Å². The quantitative estimate of drug-likeness (QED) is 0.446. The van der Waals surface area contributed by atoms with Crippen LogP contribution in [0.15, 0.2) is 60.7 Å². The van der Waals surface area contributed by atoms with Gasteiger partial charge in [0.1, 0.15) is 18.1 Å². The molecule has 0 radical (unpaired) electrons. The molecule has 2 aliphatic rings. The summed E-state index contributed by atoms with van der Waals surface area (Å²) < 4.78 is 17.3. The Labute approximate surface area is 201 Å². The molecule has 1 amide bonds. The van der Waals surface area contributed by atoms with E-state index in [1.54, 1.807) is 0 Å². The molecule has 34 heavy (non-hydrogen) atoms. The van der Waals surface area contributed by atoms with Crippen LogP contribution in [0.5, 0.6) is 11.5 Å². The minimum absolute atomic E-state index is 0.198. The first-order valence-corrected chi connectivity index (χ1v) is 12.3. The molecule has 5 nitrogen and oxygen atoms in total. The van der Waals surface area contributed by atoms with Crippen LogP contribution in [0, 0.1) is 0 Å². The number of nitrogens with one attached hydrogen (secondary N) is 1. The molecule has 0 unspecified atom stereocenters. The Kier molecular flexibility index (Phi) is 6.11. The number of benzene rings is 3. The molecule has 5 heteroatoms. The number of amides is 1. The van der Waals surface area contributed by atoms with Crippen molar-refractivity contribution in [1.82, 2.24) is 5.32 Å². The van der Waals surface area contributed by atoms with E-state index in [9.17, 15) is 4.79 Å². The van der Waals surface area contributed by atoms with E-state index in [1.165, 1.54) is 5.56 Å². The van der Waals surface area contributed by atoms with Crippen LogP contribution >= 0.6 is 0 Å². The topological polar surface area (TPSA) is 56.8 Å². The predicted molar refractivity (Wildman–Crippen MR) is 134 cm³/mol. The first-order valence-electron chi connectivity index (χ1n) is 12.3. The summed E-state index contributed by atoms with van der Waals surface area (Å²) in [6.07, 6.45) is 4.48.